The second kappa shape index (κ2) is 5.56. The highest BCUT2D eigenvalue weighted by Gasteiger charge is 2.18. The zero-order chi connectivity index (χ0) is 13.0. The van der Waals surface area contributed by atoms with Gasteiger partial charge in [-0.05, 0) is 26.0 Å². The van der Waals surface area contributed by atoms with Crippen LogP contribution in [0, 0.1) is 0 Å². The molecule has 0 aliphatic rings. The van der Waals surface area contributed by atoms with Crippen molar-refractivity contribution in [1.82, 2.24) is 0 Å². The maximum absolute atomic E-state index is 11.8. The second-order valence-electron chi connectivity index (χ2n) is 3.86. The van der Waals surface area contributed by atoms with Crippen molar-refractivity contribution in [1.29, 1.82) is 0 Å². The summed E-state index contributed by atoms with van der Waals surface area (Å²) in [6.07, 6.45) is 0. The summed E-state index contributed by atoms with van der Waals surface area (Å²) in [6, 6.07) is 5.06. The summed E-state index contributed by atoms with van der Waals surface area (Å²) in [4.78, 5) is 23.1. The SMILES string of the molecule is C[C@H](N)C(=O)Oc1ccccc1C(=O)[C@H](C)N. The fourth-order valence-electron chi connectivity index (χ4n) is 1.21. The van der Waals surface area contributed by atoms with E-state index in [0.29, 0.717) is 0 Å². The highest BCUT2D eigenvalue weighted by molar-refractivity contribution is 6.02. The van der Waals surface area contributed by atoms with Crippen LogP contribution < -0.4 is 16.2 Å². The van der Waals surface area contributed by atoms with Gasteiger partial charge in [-0.2, -0.15) is 0 Å². The number of Topliss-reactive ketones (excluding diaryl/α,β-unsaturated/α-hetero) is 1. The molecule has 0 spiro atoms. The van der Waals surface area contributed by atoms with E-state index in [2.05, 4.69) is 0 Å². The topological polar surface area (TPSA) is 95.4 Å². The van der Waals surface area contributed by atoms with Gasteiger partial charge in [0.05, 0.1) is 11.6 Å². The minimum absolute atomic E-state index is 0.192. The largest absolute Gasteiger partial charge is 0.425 e. The molecule has 0 saturated heterocycles. The quantitative estimate of drug-likeness (QED) is 0.450. The third-order valence-corrected chi connectivity index (χ3v) is 2.15. The van der Waals surface area contributed by atoms with Gasteiger partial charge in [-0.3, -0.25) is 4.79 Å². The summed E-state index contributed by atoms with van der Waals surface area (Å²) in [5, 5.41) is 0. The van der Waals surface area contributed by atoms with Crippen molar-refractivity contribution in [3.05, 3.63) is 29.8 Å². The van der Waals surface area contributed by atoms with Gasteiger partial charge < -0.3 is 16.2 Å². The molecule has 1 rings (SSSR count). The van der Waals surface area contributed by atoms with E-state index in [1.807, 2.05) is 0 Å². The van der Waals surface area contributed by atoms with Crippen molar-refractivity contribution in [3.63, 3.8) is 0 Å². The van der Waals surface area contributed by atoms with Crippen LogP contribution in [-0.4, -0.2) is 23.8 Å². The Morgan fingerprint density at radius 3 is 2.24 bits per heavy atom. The summed E-state index contributed by atoms with van der Waals surface area (Å²) < 4.78 is 5.04. The third-order valence-electron chi connectivity index (χ3n) is 2.15. The first kappa shape index (κ1) is 13.3. The van der Waals surface area contributed by atoms with Crippen LogP contribution in [0.25, 0.3) is 0 Å². The minimum Gasteiger partial charge on any atom is -0.425 e. The molecule has 0 aliphatic carbocycles. The van der Waals surface area contributed by atoms with Gasteiger partial charge in [0.15, 0.2) is 5.78 Å². The van der Waals surface area contributed by atoms with Gasteiger partial charge in [-0.25, -0.2) is 4.79 Å². The van der Waals surface area contributed by atoms with Crippen molar-refractivity contribution in [3.8, 4) is 5.75 Å². The van der Waals surface area contributed by atoms with Crippen molar-refractivity contribution >= 4 is 11.8 Å². The number of carbonyl (C=O) groups is 2. The Kier molecular flexibility index (Phi) is 4.37. The van der Waals surface area contributed by atoms with Gasteiger partial charge in [-0.15, -0.1) is 0 Å². The molecule has 0 unspecified atom stereocenters. The molecule has 5 nitrogen and oxygen atoms in total. The Balaban J connectivity index is 3.00. The molecular formula is C12H16N2O3. The predicted molar refractivity (Wildman–Crippen MR) is 63.7 cm³/mol. The number of esters is 1. The first-order valence-electron chi connectivity index (χ1n) is 5.29. The molecule has 0 aromatic heterocycles. The van der Waals surface area contributed by atoms with Crippen LogP contribution in [-0.2, 0) is 4.79 Å². The van der Waals surface area contributed by atoms with Gasteiger partial charge in [0.1, 0.15) is 11.8 Å². The van der Waals surface area contributed by atoms with Crippen LogP contribution in [0.3, 0.4) is 0 Å². The number of benzene rings is 1. The Morgan fingerprint density at radius 1 is 1.12 bits per heavy atom. The second-order valence-corrected chi connectivity index (χ2v) is 3.86. The van der Waals surface area contributed by atoms with E-state index in [1.54, 1.807) is 25.1 Å². The Bertz CT molecular complexity index is 428. The summed E-state index contributed by atoms with van der Waals surface area (Å²) in [6.45, 7) is 3.09. The van der Waals surface area contributed by atoms with Gasteiger partial charge in [-0.1, -0.05) is 12.1 Å². The van der Waals surface area contributed by atoms with E-state index in [-0.39, 0.29) is 17.1 Å². The first-order valence-corrected chi connectivity index (χ1v) is 5.29. The first-order chi connectivity index (χ1) is 7.93. The smallest absolute Gasteiger partial charge is 0.328 e. The van der Waals surface area contributed by atoms with E-state index in [4.69, 9.17) is 16.2 Å². The van der Waals surface area contributed by atoms with E-state index in [9.17, 15) is 9.59 Å². The molecule has 0 aliphatic heterocycles. The summed E-state index contributed by atoms with van der Waals surface area (Å²) >= 11 is 0. The summed E-state index contributed by atoms with van der Waals surface area (Å²) in [7, 11) is 0. The van der Waals surface area contributed by atoms with E-state index in [0.717, 1.165) is 0 Å². The van der Waals surface area contributed by atoms with Gasteiger partial charge >= 0.3 is 5.97 Å². The standard InChI is InChI=1S/C12H16N2O3/c1-7(13)11(15)9-5-3-4-6-10(9)17-12(16)8(2)14/h3-8H,13-14H2,1-2H3/t7-,8-/m0/s1. The van der Waals surface area contributed by atoms with Gasteiger partial charge in [0, 0.05) is 0 Å². The van der Waals surface area contributed by atoms with E-state index >= 15 is 0 Å². The predicted octanol–water partition coefficient (Wildman–Crippen LogP) is 0.469. The lowest BCUT2D eigenvalue weighted by Gasteiger charge is -2.11. The van der Waals surface area contributed by atoms with E-state index < -0.39 is 18.1 Å². The zero-order valence-corrected chi connectivity index (χ0v) is 9.84. The molecule has 0 amide bonds. The van der Waals surface area contributed by atoms with E-state index in [1.165, 1.54) is 13.0 Å². The average Bonchev–Trinajstić information content (AvgIpc) is 2.28. The van der Waals surface area contributed by atoms with Gasteiger partial charge in [0.2, 0.25) is 0 Å². The number of rotatable bonds is 4. The van der Waals surface area contributed by atoms with Crippen LogP contribution in [0.15, 0.2) is 24.3 Å². The molecule has 1 aromatic carbocycles. The zero-order valence-electron chi connectivity index (χ0n) is 9.84. The molecular weight excluding hydrogens is 220 g/mol. The number of hydrogen-bond acceptors (Lipinski definition) is 5. The van der Waals surface area contributed by atoms with Crippen molar-refractivity contribution in [2.24, 2.45) is 11.5 Å². The van der Waals surface area contributed by atoms with Crippen molar-refractivity contribution in [2.45, 2.75) is 25.9 Å². The molecule has 0 bridgehead atoms. The van der Waals surface area contributed by atoms with Crippen LogP contribution in [0.2, 0.25) is 0 Å². The molecule has 0 radical (unpaired) electrons. The maximum atomic E-state index is 11.8. The number of carbonyl (C=O) groups excluding carboxylic acids is 2. The highest BCUT2D eigenvalue weighted by Crippen LogP contribution is 2.19. The Morgan fingerprint density at radius 2 is 1.71 bits per heavy atom. The number of ether oxygens (including phenoxy) is 1. The average molecular weight is 236 g/mol. The van der Waals surface area contributed by atoms with Crippen LogP contribution in [0.4, 0.5) is 0 Å². The van der Waals surface area contributed by atoms with Gasteiger partial charge in [0.25, 0.3) is 0 Å². The molecule has 1 aromatic rings. The fourth-order valence-corrected chi connectivity index (χ4v) is 1.21. The maximum Gasteiger partial charge on any atom is 0.328 e. The molecule has 0 heterocycles. The van der Waals surface area contributed by atoms with Crippen molar-refractivity contribution in [2.75, 3.05) is 0 Å². The number of nitrogens with two attached hydrogens (primary N) is 2. The number of para-hydroxylation sites is 1. The lowest BCUT2D eigenvalue weighted by Crippen LogP contribution is -2.32. The monoisotopic (exact) mass is 236 g/mol. The Hall–Kier alpha value is -1.72. The molecule has 0 fully saturated rings. The molecule has 5 heteroatoms. The fraction of sp³-hybridized carbons (Fsp3) is 0.333. The van der Waals surface area contributed by atoms with Crippen LogP contribution in [0.5, 0.6) is 5.75 Å². The molecule has 2 atom stereocenters. The van der Waals surface area contributed by atoms with Crippen molar-refractivity contribution < 1.29 is 14.3 Å². The lowest BCUT2D eigenvalue weighted by molar-refractivity contribution is -0.135. The van der Waals surface area contributed by atoms with Crippen LogP contribution >= 0.6 is 0 Å². The lowest BCUT2D eigenvalue weighted by atomic mass is 10.1. The number of ketones is 1. The number of hydrogen-bond donors (Lipinski definition) is 2. The highest BCUT2D eigenvalue weighted by atomic mass is 16.5. The molecule has 4 N–H and O–H groups in total. The molecule has 17 heavy (non-hydrogen) atoms. The third kappa shape index (κ3) is 3.37. The summed E-state index contributed by atoms with van der Waals surface area (Å²) in [5.74, 6) is -0.676. The molecule has 92 valence electrons. The van der Waals surface area contributed by atoms with Crippen LogP contribution in [0.1, 0.15) is 24.2 Å². The minimum atomic E-state index is -0.742. The summed E-state index contributed by atoms with van der Waals surface area (Å²) in [5.41, 5.74) is 11.2. The molecule has 0 saturated carbocycles. The normalized spacial score (nSPS) is 13.9. The Labute approximate surface area is 99.7 Å².